The van der Waals surface area contributed by atoms with Crippen molar-refractivity contribution >= 4 is 60.4 Å². The Balaban J connectivity index is 1.12. The van der Waals surface area contributed by atoms with E-state index in [-0.39, 0.29) is 0 Å². The van der Waals surface area contributed by atoms with Crippen molar-refractivity contribution in [3.05, 3.63) is 194 Å². The number of aromatic nitrogens is 1. The molecule has 0 N–H and O–H groups in total. The minimum absolute atomic E-state index is 1.10. The van der Waals surface area contributed by atoms with Gasteiger partial charge in [-0.2, -0.15) is 0 Å². The molecule has 0 aliphatic carbocycles. The maximum absolute atomic E-state index is 2.42. The molecule has 10 rings (SSSR count). The summed E-state index contributed by atoms with van der Waals surface area (Å²) < 4.78 is 2.42. The molecule has 0 saturated carbocycles. The molecule has 0 saturated heterocycles. The lowest BCUT2D eigenvalue weighted by Crippen LogP contribution is -2.10. The van der Waals surface area contributed by atoms with Crippen molar-refractivity contribution in [3.63, 3.8) is 0 Å². The van der Waals surface area contributed by atoms with Gasteiger partial charge >= 0.3 is 0 Å². The molecule has 1 heterocycles. The molecule has 0 amide bonds. The molecule has 0 bridgehead atoms. The zero-order valence-corrected chi connectivity index (χ0v) is 27.4. The molecule has 50 heavy (non-hydrogen) atoms. The third kappa shape index (κ3) is 4.65. The topological polar surface area (TPSA) is 8.17 Å². The average Bonchev–Trinajstić information content (AvgIpc) is 3.54. The number of benzene rings is 9. The molecule has 0 aliphatic rings. The number of hydrogen-bond donors (Lipinski definition) is 0. The molecular formula is C48H32N2. The number of rotatable bonds is 6. The second-order valence-corrected chi connectivity index (χ2v) is 13.0. The van der Waals surface area contributed by atoms with Crippen molar-refractivity contribution in [1.82, 2.24) is 4.57 Å². The van der Waals surface area contributed by atoms with Crippen LogP contribution in [-0.4, -0.2) is 4.57 Å². The number of fused-ring (bicyclic) bond motifs is 1. The standard InChI is InChI=1S/C48H32N2/c1-2-9-33(10-3-1)35-23-27-41(28-24-35)49(42-29-25-36(26-30-42)40-22-19-34-11-4-5-12-39(34)31-40)43-15-8-16-44(32-43)50-45-17-6-13-37-20-21-38-14-7-18-46(50)48(38)47(37)45/h1-32H. The van der Waals surface area contributed by atoms with Gasteiger partial charge in [-0.3, -0.25) is 0 Å². The highest BCUT2D eigenvalue weighted by atomic mass is 15.1. The molecule has 0 spiro atoms. The SMILES string of the molecule is c1ccc(-c2ccc(N(c3ccc(-c4ccc5ccccc5c4)cc3)c3cccc(-n4c5cccc6ccc7cccc4c7c65)c3)cc2)cc1. The third-order valence-electron chi connectivity index (χ3n) is 10.1. The van der Waals surface area contributed by atoms with Crippen LogP contribution in [0.3, 0.4) is 0 Å². The van der Waals surface area contributed by atoms with E-state index in [4.69, 9.17) is 0 Å². The summed E-state index contributed by atoms with van der Waals surface area (Å²) in [5.41, 5.74) is 11.7. The van der Waals surface area contributed by atoms with Crippen molar-refractivity contribution < 1.29 is 0 Å². The van der Waals surface area contributed by atoms with Crippen molar-refractivity contribution in [3.8, 4) is 27.9 Å². The summed E-state index contributed by atoms with van der Waals surface area (Å²) in [6, 6.07) is 70.5. The zero-order valence-electron chi connectivity index (χ0n) is 27.4. The fraction of sp³-hybridized carbons (Fsp3) is 0. The zero-order chi connectivity index (χ0) is 33.0. The largest absolute Gasteiger partial charge is 0.310 e. The van der Waals surface area contributed by atoms with Gasteiger partial charge in [-0.25, -0.2) is 0 Å². The third-order valence-corrected chi connectivity index (χ3v) is 10.1. The molecule has 234 valence electrons. The van der Waals surface area contributed by atoms with Gasteiger partial charge in [-0.05, 0) is 104 Å². The Morgan fingerprint density at radius 2 is 0.800 bits per heavy atom. The second kappa shape index (κ2) is 11.5. The summed E-state index contributed by atoms with van der Waals surface area (Å²) in [5.74, 6) is 0. The smallest absolute Gasteiger partial charge is 0.0547 e. The average molecular weight is 637 g/mol. The molecule has 0 unspecified atom stereocenters. The molecule has 2 heteroatoms. The highest BCUT2D eigenvalue weighted by Crippen LogP contribution is 2.41. The first-order valence-corrected chi connectivity index (χ1v) is 17.2. The summed E-state index contributed by atoms with van der Waals surface area (Å²) in [6.07, 6.45) is 0. The van der Waals surface area contributed by atoms with Crippen LogP contribution in [0.15, 0.2) is 194 Å². The van der Waals surface area contributed by atoms with E-state index < -0.39 is 0 Å². The predicted octanol–water partition coefficient (Wildman–Crippen LogP) is 13.3. The van der Waals surface area contributed by atoms with Gasteiger partial charge in [-0.15, -0.1) is 0 Å². The Bertz CT molecular complexity index is 2720. The second-order valence-electron chi connectivity index (χ2n) is 13.0. The van der Waals surface area contributed by atoms with E-state index in [0.717, 1.165) is 22.7 Å². The molecule has 0 atom stereocenters. The highest BCUT2D eigenvalue weighted by molar-refractivity contribution is 6.24. The van der Waals surface area contributed by atoms with E-state index in [1.165, 1.54) is 65.6 Å². The van der Waals surface area contributed by atoms with E-state index in [2.05, 4.69) is 204 Å². The van der Waals surface area contributed by atoms with Crippen LogP contribution in [0.4, 0.5) is 17.1 Å². The fourth-order valence-electron chi connectivity index (χ4n) is 7.72. The van der Waals surface area contributed by atoms with Gasteiger partial charge < -0.3 is 9.47 Å². The highest BCUT2D eigenvalue weighted by Gasteiger charge is 2.18. The first-order valence-electron chi connectivity index (χ1n) is 17.2. The van der Waals surface area contributed by atoms with Crippen LogP contribution >= 0.6 is 0 Å². The van der Waals surface area contributed by atoms with Crippen molar-refractivity contribution in [2.45, 2.75) is 0 Å². The number of anilines is 3. The van der Waals surface area contributed by atoms with Crippen molar-refractivity contribution in [1.29, 1.82) is 0 Å². The van der Waals surface area contributed by atoms with Crippen LogP contribution in [-0.2, 0) is 0 Å². The Kier molecular flexibility index (Phi) is 6.53. The summed E-state index contributed by atoms with van der Waals surface area (Å²) in [7, 11) is 0. The van der Waals surface area contributed by atoms with Gasteiger partial charge in [0.25, 0.3) is 0 Å². The normalized spacial score (nSPS) is 11.6. The minimum Gasteiger partial charge on any atom is -0.310 e. The van der Waals surface area contributed by atoms with Crippen LogP contribution in [0.25, 0.3) is 71.3 Å². The minimum atomic E-state index is 1.10. The summed E-state index contributed by atoms with van der Waals surface area (Å²) in [6.45, 7) is 0. The van der Waals surface area contributed by atoms with E-state index in [1.807, 2.05) is 0 Å². The lowest BCUT2D eigenvalue weighted by molar-refractivity contribution is 1.17. The molecule has 0 radical (unpaired) electrons. The molecule has 10 aromatic rings. The first-order chi connectivity index (χ1) is 24.8. The first kappa shape index (κ1) is 28.4. The van der Waals surface area contributed by atoms with Crippen LogP contribution < -0.4 is 4.90 Å². The maximum atomic E-state index is 2.42. The molecule has 9 aromatic carbocycles. The Hall–Kier alpha value is -6.64. The van der Waals surface area contributed by atoms with Crippen LogP contribution in [0.2, 0.25) is 0 Å². The molecule has 0 aliphatic heterocycles. The molecular weight excluding hydrogens is 605 g/mol. The van der Waals surface area contributed by atoms with Gasteiger partial charge in [0.1, 0.15) is 0 Å². The van der Waals surface area contributed by atoms with E-state index in [9.17, 15) is 0 Å². The van der Waals surface area contributed by atoms with Gasteiger partial charge in [-0.1, -0.05) is 133 Å². The molecule has 1 aromatic heterocycles. The number of hydrogen-bond acceptors (Lipinski definition) is 1. The quantitative estimate of drug-likeness (QED) is 0.165. The monoisotopic (exact) mass is 636 g/mol. The van der Waals surface area contributed by atoms with Crippen LogP contribution in [0.1, 0.15) is 0 Å². The Labute approximate surface area is 291 Å². The van der Waals surface area contributed by atoms with Crippen LogP contribution in [0.5, 0.6) is 0 Å². The fourth-order valence-corrected chi connectivity index (χ4v) is 7.72. The molecule has 0 fully saturated rings. The van der Waals surface area contributed by atoms with E-state index in [0.29, 0.717) is 0 Å². The Morgan fingerprint density at radius 3 is 1.46 bits per heavy atom. The summed E-state index contributed by atoms with van der Waals surface area (Å²) >= 11 is 0. The maximum Gasteiger partial charge on any atom is 0.0547 e. The van der Waals surface area contributed by atoms with Crippen molar-refractivity contribution in [2.24, 2.45) is 0 Å². The van der Waals surface area contributed by atoms with E-state index in [1.54, 1.807) is 0 Å². The summed E-state index contributed by atoms with van der Waals surface area (Å²) in [4.78, 5) is 2.37. The lowest BCUT2D eigenvalue weighted by atomic mass is 10.0. The Morgan fingerprint density at radius 1 is 0.300 bits per heavy atom. The number of nitrogens with zero attached hydrogens (tertiary/aromatic N) is 2. The van der Waals surface area contributed by atoms with Gasteiger partial charge in [0, 0.05) is 33.5 Å². The van der Waals surface area contributed by atoms with Gasteiger partial charge in [0.05, 0.1) is 11.0 Å². The van der Waals surface area contributed by atoms with Crippen molar-refractivity contribution in [2.75, 3.05) is 4.90 Å². The van der Waals surface area contributed by atoms with E-state index >= 15 is 0 Å². The van der Waals surface area contributed by atoms with Gasteiger partial charge in [0.15, 0.2) is 0 Å². The lowest BCUT2D eigenvalue weighted by Gasteiger charge is -2.26. The molecule has 2 nitrogen and oxygen atoms in total. The van der Waals surface area contributed by atoms with Gasteiger partial charge in [0.2, 0.25) is 0 Å². The predicted molar refractivity (Wildman–Crippen MR) is 213 cm³/mol. The van der Waals surface area contributed by atoms with Crippen LogP contribution in [0, 0.1) is 0 Å². The summed E-state index contributed by atoms with van der Waals surface area (Å²) in [5, 5.41) is 7.70.